The lowest BCUT2D eigenvalue weighted by atomic mass is 9.95. The second-order valence-corrected chi connectivity index (χ2v) is 9.20. The van der Waals surface area contributed by atoms with Crippen LogP contribution in [0.3, 0.4) is 0 Å². The Morgan fingerprint density at radius 3 is 2.26 bits per heavy atom. The lowest BCUT2D eigenvalue weighted by Gasteiger charge is -2.19. The Morgan fingerprint density at radius 2 is 1.71 bits per heavy atom. The molecule has 0 saturated carbocycles. The molecule has 3 aromatic rings. The third kappa shape index (κ3) is 5.30. The maximum absolute atomic E-state index is 15.5. The zero-order valence-corrected chi connectivity index (χ0v) is 19.6. The molecule has 0 aliphatic rings. The number of H-pyrrole nitrogens is 1. The number of carbonyl (C=O) groups excluding carboxylic acids is 1. The van der Waals surface area contributed by atoms with Crippen LogP contribution in [-0.4, -0.2) is 15.9 Å². The van der Waals surface area contributed by atoms with Gasteiger partial charge >= 0.3 is 11.9 Å². The van der Waals surface area contributed by atoms with Crippen molar-refractivity contribution in [2.45, 2.75) is 40.4 Å². The van der Waals surface area contributed by atoms with E-state index in [4.69, 9.17) is 11.6 Å². The van der Waals surface area contributed by atoms with Gasteiger partial charge in [0.15, 0.2) is 0 Å². The van der Waals surface area contributed by atoms with Crippen molar-refractivity contribution in [2.75, 3.05) is 0 Å². The highest BCUT2D eigenvalue weighted by molar-refractivity contribution is 6.33. The van der Waals surface area contributed by atoms with Gasteiger partial charge < -0.3 is 10.3 Å². The minimum Gasteiger partial charge on any atom is -0.351 e. The van der Waals surface area contributed by atoms with Gasteiger partial charge in [-0.05, 0) is 30.7 Å². The number of carbonyl (C=O) groups is 1. The average molecular weight is 496 g/mol. The largest absolute Gasteiger partial charge is 0.416 e. The number of aromatic amines is 1. The zero-order valence-electron chi connectivity index (χ0n) is 18.8. The summed E-state index contributed by atoms with van der Waals surface area (Å²) in [7, 11) is 0. The fourth-order valence-electron chi connectivity index (χ4n) is 3.28. The normalized spacial score (nSPS) is 12.0. The van der Waals surface area contributed by atoms with Crippen LogP contribution in [0, 0.1) is 18.2 Å². The van der Waals surface area contributed by atoms with E-state index < -0.39 is 28.7 Å². The summed E-state index contributed by atoms with van der Waals surface area (Å²) in [6.07, 6.45) is -4.51. The van der Waals surface area contributed by atoms with Crippen LogP contribution in [-0.2, 0) is 17.5 Å². The Morgan fingerprint density at radius 1 is 1.09 bits per heavy atom. The average Bonchev–Trinajstić information content (AvgIpc) is 2.74. The third-order valence-corrected chi connectivity index (χ3v) is 5.52. The van der Waals surface area contributed by atoms with E-state index in [2.05, 4.69) is 15.3 Å². The standard InChI is InChI=1S/C24H22ClF4N3O2/c1-12-19(13-5-8-15(9-6-13)24(27,28)29)31-22(34)32-20(12)17-16(25)10-7-14(18(17)26)11-30-21(33)23(2,3)4/h5-10H,11H2,1-4H3,(H,30,33)(H,31,32,34). The van der Waals surface area contributed by atoms with Crippen molar-refractivity contribution >= 4 is 17.5 Å². The van der Waals surface area contributed by atoms with Gasteiger partial charge in [-0.1, -0.05) is 50.6 Å². The van der Waals surface area contributed by atoms with Gasteiger partial charge in [0.05, 0.1) is 27.5 Å². The molecule has 1 amide bonds. The quantitative estimate of drug-likeness (QED) is 0.443. The highest BCUT2D eigenvalue weighted by Crippen LogP contribution is 2.36. The number of nitrogens with one attached hydrogen (secondary N) is 2. The van der Waals surface area contributed by atoms with E-state index in [1.807, 2.05) is 0 Å². The van der Waals surface area contributed by atoms with Crippen molar-refractivity contribution in [3.8, 4) is 22.5 Å². The summed E-state index contributed by atoms with van der Waals surface area (Å²) in [6, 6.07) is 7.01. The second-order valence-electron chi connectivity index (χ2n) is 8.79. The Hall–Kier alpha value is -3.20. The van der Waals surface area contributed by atoms with Crippen molar-refractivity contribution in [1.82, 2.24) is 15.3 Å². The summed E-state index contributed by atoms with van der Waals surface area (Å²) in [5.41, 5.74) is -1.60. The fraction of sp³-hybridized carbons (Fsp3) is 0.292. The van der Waals surface area contributed by atoms with E-state index in [1.54, 1.807) is 27.7 Å². The molecule has 0 radical (unpaired) electrons. The molecule has 0 saturated heterocycles. The van der Waals surface area contributed by atoms with Crippen LogP contribution < -0.4 is 11.0 Å². The molecule has 3 rings (SSSR count). The number of halogens is 5. The molecule has 180 valence electrons. The van der Waals surface area contributed by atoms with Crippen LogP contribution in [0.4, 0.5) is 17.6 Å². The van der Waals surface area contributed by atoms with E-state index in [0.29, 0.717) is 5.56 Å². The smallest absolute Gasteiger partial charge is 0.351 e. The van der Waals surface area contributed by atoms with Gasteiger partial charge in [-0.15, -0.1) is 0 Å². The molecule has 1 heterocycles. The van der Waals surface area contributed by atoms with Crippen LogP contribution in [0.15, 0.2) is 41.2 Å². The summed E-state index contributed by atoms with van der Waals surface area (Å²) >= 11 is 6.27. The number of alkyl halides is 3. The van der Waals surface area contributed by atoms with Gasteiger partial charge in [0.25, 0.3) is 0 Å². The molecule has 0 aliphatic heterocycles. The van der Waals surface area contributed by atoms with Crippen LogP contribution in [0.25, 0.3) is 22.5 Å². The minimum atomic E-state index is -4.51. The van der Waals surface area contributed by atoms with Gasteiger partial charge in [-0.3, -0.25) is 4.79 Å². The molecule has 34 heavy (non-hydrogen) atoms. The Labute approximate surface area is 198 Å². The highest BCUT2D eigenvalue weighted by Gasteiger charge is 2.30. The molecule has 5 nitrogen and oxygen atoms in total. The van der Waals surface area contributed by atoms with Gasteiger partial charge in [0.2, 0.25) is 5.91 Å². The van der Waals surface area contributed by atoms with E-state index in [-0.39, 0.29) is 45.6 Å². The predicted molar refractivity (Wildman–Crippen MR) is 122 cm³/mol. The number of aromatic nitrogens is 2. The number of nitrogens with zero attached hydrogens (tertiary/aromatic N) is 1. The van der Waals surface area contributed by atoms with Crippen molar-refractivity contribution < 1.29 is 22.4 Å². The Bertz CT molecular complexity index is 1290. The maximum atomic E-state index is 15.5. The van der Waals surface area contributed by atoms with Crippen LogP contribution in [0.2, 0.25) is 5.02 Å². The van der Waals surface area contributed by atoms with Crippen LogP contribution in [0.1, 0.15) is 37.5 Å². The Balaban J connectivity index is 2.08. The number of hydrogen-bond acceptors (Lipinski definition) is 3. The molecule has 0 bridgehead atoms. The molecule has 0 unspecified atom stereocenters. The molecule has 0 fully saturated rings. The molecule has 0 spiro atoms. The topological polar surface area (TPSA) is 74.8 Å². The van der Waals surface area contributed by atoms with Crippen LogP contribution >= 0.6 is 11.6 Å². The summed E-state index contributed by atoms with van der Waals surface area (Å²) in [6.45, 7) is 6.61. The Kier molecular flexibility index (Phi) is 6.89. The first-order valence-corrected chi connectivity index (χ1v) is 10.6. The summed E-state index contributed by atoms with van der Waals surface area (Å²) in [5, 5.41) is 2.67. The monoisotopic (exact) mass is 495 g/mol. The van der Waals surface area contributed by atoms with E-state index >= 15 is 4.39 Å². The molecular weight excluding hydrogens is 474 g/mol. The summed E-state index contributed by atoms with van der Waals surface area (Å²) in [5.74, 6) is -1.02. The third-order valence-electron chi connectivity index (χ3n) is 5.20. The molecular formula is C24H22ClF4N3O2. The summed E-state index contributed by atoms with van der Waals surface area (Å²) in [4.78, 5) is 30.8. The molecule has 2 N–H and O–H groups in total. The zero-order chi connectivity index (χ0) is 25.4. The first kappa shape index (κ1) is 25.4. The van der Waals surface area contributed by atoms with Crippen molar-refractivity contribution in [1.29, 1.82) is 0 Å². The molecule has 10 heteroatoms. The highest BCUT2D eigenvalue weighted by atomic mass is 35.5. The number of rotatable bonds is 4. The van der Waals surface area contributed by atoms with Crippen molar-refractivity contribution in [2.24, 2.45) is 5.41 Å². The van der Waals surface area contributed by atoms with Crippen LogP contribution in [0.5, 0.6) is 0 Å². The van der Waals surface area contributed by atoms with Gasteiger partial charge in [-0.25, -0.2) is 9.18 Å². The molecule has 0 atom stereocenters. The first-order valence-electron chi connectivity index (χ1n) is 10.2. The molecule has 0 aliphatic carbocycles. The number of hydrogen-bond donors (Lipinski definition) is 2. The van der Waals surface area contributed by atoms with Gasteiger partial charge in [0.1, 0.15) is 5.82 Å². The fourth-order valence-corrected chi connectivity index (χ4v) is 3.52. The first-order chi connectivity index (χ1) is 15.7. The minimum absolute atomic E-state index is 0.00622. The molecule has 1 aromatic heterocycles. The SMILES string of the molecule is Cc1c(-c2ccc(C(F)(F)F)cc2)nc(=O)[nH]c1-c1c(Cl)ccc(CNC(=O)C(C)(C)C)c1F. The maximum Gasteiger partial charge on any atom is 0.416 e. The summed E-state index contributed by atoms with van der Waals surface area (Å²) < 4.78 is 54.2. The lowest BCUT2D eigenvalue weighted by molar-refractivity contribution is -0.137. The number of amides is 1. The van der Waals surface area contributed by atoms with Crippen molar-refractivity contribution in [3.63, 3.8) is 0 Å². The van der Waals surface area contributed by atoms with Gasteiger partial charge in [-0.2, -0.15) is 18.2 Å². The second kappa shape index (κ2) is 9.21. The van der Waals surface area contributed by atoms with E-state index in [0.717, 1.165) is 12.1 Å². The lowest BCUT2D eigenvalue weighted by Crippen LogP contribution is -2.34. The van der Waals surface area contributed by atoms with Gasteiger partial charge in [0, 0.05) is 23.1 Å². The molecule has 2 aromatic carbocycles. The van der Waals surface area contributed by atoms with E-state index in [1.165, 1.54) is 24.3 Å². The van der Waals surface area contributed by atoms with E-state index in [9.17, 15) is 22.8 Å². The number of benzene rings is 2. The predicted octanol–water partition coefficient (Wildman–Crippen LogP) is 5.89. The van der Waals surface area contributed by atoms with Crippen molar-refractivity contribution in [3.05, 3.63) is 74.4 Å².